The van der Waals surface area contributed by atoms with E-state index in [2.05, 4.69) is 19.5 Å². The normalized spacial score (nSPS) is 17.1. The summed E-state index contributed by atoms with van der Waals surface area (Å²) in [6.45, 7) is 4.09. The van der Waals surface area contributed by atoms with Crippen LogP contribution in [-0.4, -0.2) is 39.1 Å². The molecular formula is C14H21N5. The van der Waals surface area contributed by atoms with Gasteiger partial charge in [0.1, 0.15) is 5.82 Å². The fourth-order valence-corrected chi connectivity index (χ4v) is 2.72. The fraction of sp³-hybridized carbons (Fsp3) is 0.571. The predicted molar refractivity (Wildman–Crippen MR) is 74.9 cm³/mol. The molecule has 0 amide bonds. The predicted octanol–water partition coefficient (Wildman–Crippen LogP) is 1.22. The van der Waals surface area contributed by atoms with E-state index in [4.69, 9.17) is 5.73 Å². The molecule has 2 aromatic heterocycles. The van der Waals surface area contributed by atoms with Gasteiger partial charge in [-0.25, -0.2) is 0 Å². The zero-order valence-corrected chi connectivity index (χ0v) is 11.3. The third kappa shape index (κ3) is 2.77. The third-order valence-corrected chi connectivity index (χ3v) is 3.88. The lowest BCUT2D eigenvalue weighted by Gasteiger charge is -2.25. The van der Waals surface area contributed by atoms with Crippen molar-refractivity contribution in [2.24, 2.45) is 5.73 Å². The van der Waals surface area contributed by atoms with Gasteiger partial charge in [0.15, 0.2) is 5.65 Å². The number of hydrogen-bond donors (Lipinski definition) is 1. The van der Waals surface area contributed by atoms with Crippen molar-refractivity contribution in [3.05, 3.63) is 29.7 Å². The highest BCUT2D eigenvalue weighted by atomic mass is 15.2. The Balaban J connectivity index is 1.70. The first-order valence-corrected chi connectivity index (χ1v) is 7.12. The van der Waals surface area contributed by atoms with Crippen LogP contribution in [0.2, 0.25) is 0 Å². The summed E-state index contributed by atoms with van der Waals surface area (Å²) in [6.07, 6.45) is 7.04. The molecule has 1 fully saturated rings. The second kappa shape index (κ2) is 5.67. The van der Waals surface area contributed by atoms with Gasteiger partial charge in [-0.2, -0.15) is 0 Å². The Morgan fingerprint density at radius 1 is 1.16 bits per heavy atom. The van der Waals surface area contributed by atoms with Crippen LogP contribution in [-0.2, 0) is 13.0 Å². The van der Waals surface area contributed by atoms with Gasteiger partial charge in [-0.3, -0.25) is 4.40 Å². The second-order valence-corrected chi connectivity index (χ2v) is 5.24. The van der Waals surface area contributed by atoms with Gasteiger partial charge in [-0.05, 0) is 43.6 Å². The molecule has 2 N–H and O–H groups in total. The molecule has 1 aliphatic heterocycles. The molecule has 5 heteroatoms. The van der Waals surface area contributed by atoms with Crippen molar-refractivity contribution in [3.8, 4) is 0 Å². The van der Waals surface area contributed by atoms with E-state index in [0.717, 1.165) is 30.0 Å². The Bertz CT molecular complexity index is 542. The maximum Gasteiger partial charge on any atom is 0.161 e. The Labute approximate surface area is 113 Å². The van der Waals surface area contributed by atoms with Gasteiger partial charge >= 0.3 is 0 Å². The molecule has 0 aliphatic carbocycles. The molecule has 5 nitrogen and oxygen atoms in total. The van der Waals surface area contributed by atoms with Crippen LogP contribution >= 0.6 is 0 Å². The Hall–Kier alpha value is -1.46. The molecule has 3 rings (SSSR count). The van der Waals surface area contributed by atoms with Gasteiger partial charge in [0.25, 0.3) is 0 Å². The van der Waals surface area contributed by atoms with Crippen molar-refractivity contribution in [2.75, 3.05) is 19.6 Å². The van der Waals surface area contributed by atoms with Crippen LogP contribution in [0.1, 0.15) is 30.7 Å². The number of fused-ring (bicyclic) bond motifs is 1. The molecule has 0 spiro atoms. The Kier molecular flexibility index (Phi) is 3.75. The van der Waals surface area contributed by atoms with Crippen LogP contribution in [0.25, 0.3) is 5.65 Å². The Morgan fingerprint density at radius 2 is 2.00 bits per heavy atom. The zero-order chi connectivity index (χ0) is 13.1. The molecular weight excluding hydrogens is 238 g/mol. The number of piperidine rings is 1. The standard InChI is InChI=1S/C14H21N5/c15-11-12-4-9-19-13(16-17-14(19)10-12)5-8-18-6-2-1-3-7-18/h4,9-10H,1-3,5-8,11,15H2. The second-order valence-electron chi connectivity index (χ2n) is 5.24. The topological polar surface area (TPSA) is 59.5 Å². The number of aromatic nitrogens is 3. The van der Waals surface area contributed by atoms with Gasteiger partial charge < -0.3 is 10.6 Å². The zero-order valence-electron chi connectivity index (χ0n) is 11.3. The summed E-state index contributed by atoms with van der Waals surface area (Å²) in [5.41, 5.74) is 7.64. The smallest absolute Gasteiger partial charge is 0.161 e. The molecule has 0 atom stereocenters. The van der Waals surface area contributed by atoms with E-state index in [0.29, 0.717) is 6.54 Å². The van der Waals surface area contributed by atoms with E-state index < -0.39 is 0 Å². The van der Waals surface area contributed by atoms with E-state index in [1.54, 1.807) is 0 Å². The van der Waals surface area contributed by atoms with Crippen molar-refractivity contribution in [3.63, 3.8) is 0 Å². The van der Waals surface area contributed by atoms with Gasteiger partial charge in [0.2, 0.25) is 0 Å². The summed E-state index contributed by atoms with van der Waals surface area (Å²) < 4.78 is 2.07. The molecule has 0 unspecified atom stereocenters. The van der Waals surface area contributed by atoms with Crippen molar-refractivity contribution in [1.82, 2.24) is 19.5 Å². The lowest BCUT2D eigenvalue weighted by atomic mass is 10.1. The molecule has 0 bridgehead atoms. The SMILES string of the molecule is NCc1ccn2c(CCN3CCCCC3)nnc2c1. The number of nitrogens with two attached hydrogens (primary N) is 1. The highest BCUT2D eigenvalue weighted by molar-refractivity contribution is 5.41. The number of rotatable bonds is 4. The number of hydrogen-bond acceptors (Lipinski definition) is 4. The maximum absolute atomic E-state index is 5.64. The highest BCUT2D eigenvalue weighted by Crippen LogP contribution is 2.11. The monoisotopic (exact) mass is 259 g/mol. The first-order valence-electron chi connectivity index (χ1n) is 7.12. The molecule has 1 aliphatic rings. The summed E-state index contributed by atoms with van der Waals surface area (Å²) in [5.74, 6) is 1.05. The molecule has 0 saturated carbocycles. The minimum atomic E-state index is 0.548. The van der Waals surface area contributed by atoms with Gasteiger partial charge in [0, 0.05) is 25.7 Å². The van der Waals surface area contributed by atoms with Crippen LogP contribution < -0.4 is 5.73 Å². The minimum Gasteiger partial charge on any atom is -0.326 e. The first kappa shape index (κ1) is 12.6. The maximum atomic E-state index is 5.64. The first-order chi connectivity index (χ1) is 9.36. The van der Waals surface area contributed by atoms with E-state index in [9.17, 15) is 0 Å². The molecule has 2 aromatic rings. The lowest BCUT2D eigenvalue weighted by Crippen LogP contribution is -2.31. The average Bonchev–Trinajstić information content (AvgIpc) is 2.88. The summed E-state index contributed by atoms with van der Waals surface area (Å²) in [4.78, 5) is 2.53. The fourth-order valence-electron chi connectivity index (χ4n) is 2.72. The van der Waals surface area contributed by atoms with Crippen LogP contribution in [0.5, 0.6) is 0 Å². The van der Waals surface area contributed by atoms with Crippen LogP contribution in [0, 0.1) is 0 Å². The summed E-state index contributed by atoms with van der Waals surface area (Å²) >= 11 is 0. The van der Waals surface area contributed by atoms with E-state index in [-0.39, 0.29) is 0 Å². The molecule has 0 radical (unpaired) electrons. The van der Waals surface area contributed by atoms with Crippen molar-refractivity contribution >= 4 is 5.65 Å². The van der Waals surface area contributed by atoms with Crippen LogP contribution in [0.15, 0.2) is 18.3 Å². The largest absolute Gasteiger partial charge is 0.326 e. The summed E-state index contributed by atoms with van der Waals surface area (Å²) in [6, 6.07) is 4.05. The van der Waals surface area contributed by atoms with E-state index in [1.807, 2.05) is 18.3 Å². The lowest BCUT2D eigenvalue weighted by molar-refractivity contribution is 0.230. The number of likely N-dealkylation sites (tertiary alicyclic amines) is 1. The number of nitrogens with zero attached hydrogens (tertiary/aromatic N) is 4. The van der Waals surface area contributed by atoms with Crippen LogP contribution in [0.4, 0.5) is 0 Å². The summed E-state index contributed by atoms with van der Waals surface area (Å²) in [5, 5.41) is 8.53. The minimum absolute atomic E-state index is 0.548. The van der Waals surface area contributed by atoms with Crippen molar-refractivity contribution < 1.29 is 0 Å². The molecule has 102 valence electrons. The summed E-state index contributed by atoms with van der Waals surface area (Å²) in [7, 11) is 0. The highest BCUT2D eigenvalue weighted by Gasteiger charge is 2.12. The van der Waals surface area contributed by atoms with Crippen LogP contribution in [0.3, 0.4) is 0 Å². The Morgan fingerprint density at radius 3 is 2.79 bits per heavy atom. The molecule has 0 aromatic carbocycles. The average molecular weight is 259 g/mol. The molecule has 1 saturated heterocycles. The van der Waals surface area contributed by atoms with Crippen molar-refractivity contribution in [2.45, 2.75) is 32.2 Å². The van der Waals surface area contributed by atoms with Gasteiger partial charge in [-0.1, -0.05) is 6.42 Å². The molecule has 19 heavy (non-hydrogen) atoms. The molecule has 3 heterocycles. The van der Waals surface area contributed by atoms with Gasteiger partial charge in [-0.15, -0.1) is 10.2 Å². The van der Waals surface area contributed by atoms with Crippen molar-refractivity contribution in [1.29, 1.82) is 0 Å². The number of pyridine rings is 1. The third-order valence-electron chi connectivity index (χ3n) is 3.88. The van der Waals surface area contributed by atoms with Gasteiger partial charge in [0.05, 0.1) is 0 Å². The quantitative estimate of drug-likeness (QED) is 0.897. The van der Waals surface area contributed by atoms with E-state index in [1.165, 1.54) is 32.4 Å². The van der Waals surface area contributed by atoms with E-state index >= 15 is 0 Å².